The van der Waals surface area contributed by atoms with Crippen molar-refractivity contribution in [3.05, 3.63) is 58.1 Å². The zero-order valence-corrected chi connectivity index (χ0v) is 19.0. The first-order valence-electron chi connectivity index (χ1n) is 9.92. The Morgan fingerprint density at radius 3 is 2.20 bits per heavy atom. The first kappa shape index (κ1) is 23.5. The van der Waals surface area contributed by atoms with Gasteiger partial charge in [0.1, 0.15) is 0 Å². The molecule has 0 unspecified atom stereocenters. The molecule has 6 nitrogen and oxygen atoms in total. The van der Waals surface area contributed by atoms with Crippen LogP contribution >= 0.6 is 11.6 Å². The minimum atomic E-state index is -0.159. The van der Waals surface area contributed by atoms with E-state index in [1.54, 1.807) is 43.3 Å². The number of methoxy groups -OCH3 is 1. The van der Waals surface area contributed by atoms with Crippen LogP contribution in [0.25, 0.3) is 0 Å². The Kier molecular flexibility index (Phi) is 8.54. The van der Waals surface area contributed by atoms with Crippen LogP contribution in [-0.4, -0.2) is 56.0 Å². The standard InChI is InChI=1S/C23H29ClN2O4/c1-6-12-30-21-19(24)13-18(14-20(21)29-5)23(28)26(7-2)15-16-8-10-17(11-9-16)22(27)25(3)4/h8-11,13-14H,6-7,12,15H2,1-5H3. The second kappa shape index (κ2) is 10.9. The summed E-state index contributed by atoms with van der Waals surface area (Å²) in [5, 5.41) is 0.341. The summed E-state index contributed by atoms with van der Waals surface area (Å²) in [6.07, 6.45) is 0.836. The first-order valence-corrected chi connectivity index (χ1v) is 10.3. The molecule has 0 heterocycles. The largest absolute Gasteiger partial charge is 0.493 e. The number of amides is 2. The predicted molar refractivity (Wildman–Crippen MR) is 119 cm³/mol. The Balaban J connectivity index is 2.21. The van der Waals surface area contributed by atoms with Crippen molar-refractivity contribution in [3.8, 4) is 11.5 Å². The van der Waals surface area contributed by atoms with Gasteiger partial charge in [0.15, 0.2) is 11.5 Å². The average Bonchev–Trinajstić information content (AvgIpc) is 2.75. The molecule has 7 heteroatoms. The zero-order chi connectivity index (χ0) is 22.3. The van der Waals surface area contributed by atoms with Gasteiger partial charge in [0, 0.05) is 38.3 Å². The monoisotopic (exact) mass is 432 g/mol. The maximum atomic E-state index is 13.1. The second-order valence-corrected chi connectivity index (χ2v) is 7.46. The van der Waals surface area contributed by atoms with Crippen molar-refractivity contribution in [2.24, 2.45) is 0 Å². The topological polar surface area (TPSA) is 59.1 Å². The minimum Gasteiger partial charge on any atom is -0.493 e. The van der Waals surface area contributed by atoms with E-state index in [4.69, 9.17) is 21.1 Å². The number of hydrogen-bond acceptors (Lipinski definition) is 4. The fraction of sp³-hybridized carbons (Fsp3) is 0.391. The molecule has 0 atom stereocenters. The van der Waals surface area contributed by atoms with E-state index in [9.17, 15) is 9.59 Å². The molecule has 2 amide bonds. The highest BCUT2D eigenvalue weighted by Crippen LogP contribution is 2.37. The SMILES string of the molecule is CCCOc1c(Cl)cc(C(=O)N(CC)Cc2ccc(C(=O)N(C)C)cc2)cc1OC. The number of carbonyl (C=O) groups is 2. The summed E-state index contributed by atoms with van der Waals surface area (Å²) < 4.78 is 11.0. The lowest BCUT2D eigenvalue weighted by atomic mass is 10.1. The maximum absolute atomic E-state index is 13.1. The van der Waals surface area contributed by atoms with Crippen molar-refractivity contribution >= 4 is 23.4 Å². The van der Waals surface area contributed by atoms with Gasteiger partial charge < -0.3 is 19.3 Å². The lowest BCUT2D eigenvalue weighted by Gasteiger charge is -2.22. The Bertz CT molecular complexity index is 882. The molecule has 0 saturated carbocycles. The fourth-order valence-electron chi connectivity index (χ4n) is 2.93. The van der Waals surface area contributed by atoms with Gasteiger partial charge in [-0.1, -0.05) is 30.7 Å². The van der Waals surface area contributed by atoms with Gasteiger partial charge in [-0.25, -0.2) is 0 Å². The van der Waals surface area contributed by atoms with Crippen LogP contribution in [0, 0.1) is 0 Å². The van der Waals surface area contributed by atoms with E-state index < -0.39 is 0 Å². The average molecular weight is 433 g/mol. The van der Waals surface area contributed by atoms with Gasteiger partial charge >= 0.3 is 0 Å². The second-order valence-electron chi connectivity index (χ2n) is 7.05. The van der Waals surface area contributed by atoms with Crippen molar-refractivity contribution in [1.29, 1.82) is 0 Å². The van der Waals surface area contributed by atoms with Gasteiger partial charge in [-0.2, -0.15) is 0 Å². The molecule has 0 aliphatic carbocycles. The molecular formula is C23H29ClN2O4. The molecule has 2 aromatic rings. The van der Waals surface area contributed by atoms with E-state index in [1.165, 1.54) is 12.0 Å². The summed E-state index contributed by atoms with van der Waals surface area (Å²) >= 11 is 6.36. The van der Waals surface area contributed by atoms with Crippen LogP contribution < -0.4 is 9.47 Å². The predicted octanol–water partition coefficient (Wildman–Crippen LogP) is 4.50. The van der Waals surface area contributed by atoms with Gasteiger partial charge in [-0.3, -0.25) is 9.59 Å². The van der Waals surface area contributed by atoms with E-state index in [2.05, 4.69) is 0 Å². The van der Waals surface area contributed by atoms with Crippen LogP contribution in [0.4, 0.5) is 0 Å². The van der Waals surface area contributed by atoms with Crippen LogP contribution in [0.2, 0.25) is 5.02 Å². The number of ether oxygens (including phenoxy) is 2. The Hall–Kier alpha value is -2.73. The molecular weight excluding hydrogens is 404 g/mol. The molecule has 0 spiro atoms. The third-order valence-electron chi connectivity index (χ3n) is 4.58. The molecule has 2 aromatic carbocycles. The molecule has 0 saturated heterocycles. The Morgan fingerprint density at radius 2 is 1.67 bits per heavy atom. The number of benzene rings is 2. The Labute approximate surface area is 183 Å². The smallest absolute Gasteiger partial charge is 0.254 e. The highest BCUT2D eigenvalue weighted by atomic mass is 35.5. The highest BCUT2D eigenvalue weighted by Gasteiger charge is 2.20. The lowest BCUT2D eigenvalue weighted by Crippen LogP contribution is -2.30. The van der Waals surface area contributed by atoms with Crippen molar-refractivity contribution < 1.29 is 19.1 Å². The molecule has 0 aliphatic heterocycles. The summed E-state index contributed by atoms with van der Waals surface area (Å²) in [7, 11) is 4.95. The molecule has 0 radical (unpaired) electrons. The van der Waals surface area contributed by atoms with Gasteiger partial charge in [0.05, 0.1) is 18.7 Å². The van der Waals surface area contributed by atoms with Gasteiger partial charge in [-0.15, -0.1) is 0 Å². The van der Waals surface area contributed by atoms with Crippen molar-refractivity contribution in [1.82, 2.24) is 9.80 Å². The van der Waals surface area contributed by atoms with Gasteiger partial charge in [0.25, 0.3) is 11.8 Å². The number of halogens is 1. The van der Waals surface area contributed by atoms with Crippen LogP contribution in [-0.2, 0) is 6.54 Å². The molecule has 0 N–H and O–H groups in total. The highest BCUT2D eigenvalue weighted by molar-refractivity contribution is 6.32. The van der Waals surface area contributed by atoms with Crippen LogP contribution in [0.1, 0.15) is 46.5 Å². The number of rotatable bonds is 9. The molecule has 0 fully saturated rings. The molecule has 0 aliphatic rings. The summed E-state index contributed by atoms with van der Waals surface area (Å²) in [5.41, 5.74) is 1.97. The van der Waals surface area contributed by atoms with E-state index in [1.807, 2.05) is 26.0 Å². The normalized spacial score (nSPS) is 10.5. The van der Waals surface area contributed by atoms with Crippen LogP contribution in [0.5, 0.6) is 11.5 Å². The van der Waals surface area contributed by atoms with Crippen molar-refractivity contribution in [2.45, 2.75) is 26.8 Å². The zero-order valence-electron chi connectivity index (χ0n) is 18.2. The molecule has 30 heavy (non-hydrogen) atoms. The van der Waals surface area contributed by atoms with Gasteiger partial charge in [0.2, 0.25) is 0 Å². The van der Waals surface area contributed by atoms with Crippen LogP contribution in [0.15, 0.2) is 36.4 Å². The minimum absolute atomic E-state index is 0.0582. The summed E-state index contributed by atoms with van der Waals surface area (Å²) in [5.74, 6) is 0.661. The molecule has 162 valence electrons. The van der Waals surface area contributed by atoms with Crippen molar-refractivity contribution in [3.63, 3.8) is 0 Å². The molecule has 2 rings (SSSR count). The maximum Gasteiger partial charge on any atom is 0.254 e. The summed E-state index contributed by atoms with van der Waals surface area (Å²) in [6.45, 7) is 5.36. The summed E-state index contributed by atoms with van der Waals surface area (Å²) in [6, 6.07) is 10.5. The lowest BCUT2D eigenvalue weighted by molar-refractivity contribution is 0.0751. The van der Waals surface area contributed by atoms with Crippen LogP contribution in [0.3, 0.4) is 0 Å². The number of carbonyl (C=O) groups excluding carboxylic acids is 2. The first-order chi connectivity index (χ1) is 14.3. The Morgan fingerprint density at radius 1 is 1.00 bits per heavy atom. The molecule has 0 bridgehead atoms. The van der Waals surface area contributed by atoms with E-state index in [0.717, 1.165) is 12.0 Å². The van der Waals surface area contributed by atoms with E-state index >= 15 is 0 Å². The quantitative estimate of drug-likeness (QED) is 0.585. The van der Waals surface area contributed by atoms with E-state index in [0.29, 0.717) is 47.3 Å². The third kappa shape index (κ3) is 5.66. The fourth-order valence-corrected chi connectivity index (χ4v) is 3.19. The third-order valence-corrected chi connectivity index (χ3v) is 4.86. The summed E-state index contributed by atoms with van der Waals surface area (Å²) in [4.78, 5) is 28.4. The van der Waals surface area contributed by atoms with E-state index in [-0.39, 0.29) is 11.8 Å². The van der Waals surface area contributed by atoms with Crippen molar-refractivity contribution in [2.75, 3.05) is 34.4 Å². The van der Waals surface area contributed by atoms with Gasteiger partial charge in [-0.05, 0) is 43.2 Å². The number of nitrogens with zero attached hydrogens (tertiary/aromatic N) is 2. The molecule has 0 aromatic heterocycles. The number of hydrogen-bond donors (Lipinski definition) is 0.